The summed E-state index contributed by atoms with van der Waals surface area (Å²) in [5.41, 5.74) is 2.91. The zero-order chi connectivity index (χ0) is 14.8. The molecule has 4 nitrogen and oxygen atoms in total. The molecule has 0 atom stereocenters. The molecule has 0 aliphatic heterocycles. The Morgan fingerprint density at radius 1 is 1.24 bits per heavy atom. The molecule has 106 valence electrons. The molecule has 0 radical (unpaired) electrons. The molecule has 0 unspecified atom stereocenters. The fourth-order valence-corrected chi connectivity index (χ4v) is 2.57. The molecule has 3 aromatic rings. The Kier molecular flexibility index (Phi) is 3.75. The van der Waals surface area contributed by atoms with Gasteiger partial charge >= 0.3 is 0 Å². The van der Waals surface area contributed by atoms with Crippen molar-refractivity contribution in [2.75, 3.05) is 5.32 Å². The monoisotopic (exact) mass is 343 g/mol. The van der Waals surface area contributed by atoms with Gasteiger partial charge in [0.15, 0.2) is 0 Å². The van der Waals surface area contributed by atoms with Gasteiger partial charge in [-0.15, -0.1) is 0 Å². The summed E-state index contributed by atoms with van der Waals surface area (Å²) in [5.74, 6) is 0.588. The third-order valence-corrected chi connectivity index (χ3v) is 3.84. The second-order valence-electron chi connectivity index (χ2n) is 4.83. The number of nitrogens with one attached hydrogen (secondary N) is 1. The first-order valence-corrected chi connectivity index (χ1v) is 7.40. The van der Waals surface area contributed by atoms with Crippen molar-refractivity contribution in [1.29, 1.82) is 0 Å². The van der Waals surface area contributed by atoms with Crippen LogP contribution in [0.5, 0.6) is 0 Å². The Labute approximate surface area is 130 Å². The van der Waals surface area contributed by atoms with E-state index >= 15 is 0 Å². The third kappa shape index (κ3) is 2.97. The van der Waals surface area contributed by atoms with Crippen molar-refractivity contribution in [2.24, 2.45) is 0 Å². The van der Waals surface area contributed by atoms with E-state index < -0.39 is 0 Å². The van der Waals surface area contributed by atoms with Gasteiger partial charge in [0.1, 0.15) is 11.5 Å². The van der Waals surface area contributed by atoms with Crippen LogP contribution in [0.25, 0.3) is 5.65 Å². The van der Waals surface area contributed by atoms with E-state index in [0.717, 1.165) is 4.47 Å². The van der Waals surface area contributed by atoms with Crippen molar-refractivity contribution in [1.82, 2.24) is 9.38 Å². The minimum atomic E-state index is -0.0888. The predicted molar refractivity (Wildman–Crippen MR) is 87.7 cm³/mol. The Morgan fingerprint density at radius 2 is 2.10 bits per heavy atom. The quantitative estimate of drug-likeness (QED) is 0.792. The number of rotatable bonds is 3. The molecule has 1 N–H and O–H groups in total. The van der Waals surface area contributed by atoms with Crippen molar-refractivity contribution < 1.29 is 0 Å². The maximum absolute atomic E-state index is 12.0. The summed E-state index contributed by atoms with van der Waals surface area (Å²) in [6.45, 7) is 2.69. The molecule has 1 aromatic carbocycles. The molecule has 3 rings (SSSR count). The normalized spacial score (nSPS) is 10.8. The van der Waals surface area contributed by atoms with Crippen LogP contribution < -0.4 is 10.9 Å². The molecule has 0 aliphatic carbocycles. The van der Waals surface area contributed by atoms with Gasteiger partial charge in [0.25, 0.3) is 5.56 Å². The lowest BCUT2D eigenvalue weighted by atomic mass is 10.1. The zero-order valence-electron chi connectivity index (χ0n) is 11.5. The standard InChI is InChI=1S/C16H14BrN3O/c1-11-5-6-13(17)8-12(11)10-18-14-9-16(21)20-7-3-2-4-15(20)19-14/h2-9,18H,10H2,1H3. The second kappa shape index (κ2) is 5.69. The van der Waals surface area contributed by atoms with E-state index in [1.165, 1.54) is 21.6 Å². The molecule has 21 heavy (non-hydrogen) atoms. The summed E-state index contributed by atoms with van der Waals surface area (Å²) in [7, 11) is 0. The van der Waals surface area contributed by atoms with Crippen LogP contribution in [0, 0.1) is 6.92 Å². The summed E-state index contributed by atoms with van der Waals surface area (Å²) < 4.78 is 2.56. The molecule has 2 aromatic heterocycles. The average Bonchev–Trinajstić information content (AvgIpc) is 2.48. The van der Waals surface area contributed by atoms with Gasteiger partial charge in [-0.1, -0.05) is 28.1 Å². The van der Waals surface area contributed by atoms with Gasteiger partial charge < -0.3 is 5.32 Å². The van der Waals surface area contributed by atoms with Gasteiger partial charge in [-0.2, -0.15) is 0 Å². The number of halogens is 1. The lowest BCUT2D eigenvalue weighted by molar-refractivity contribution is 1.02. The van der Waals surface area contributed by atoms with Crippen LogP contribution in [0.15, 0.2) is 57.9 Å². The summed E-state index contributed by atoms with van der Waals surface area (Å²) in [6, 6.07) is 13.1. The van der Waals surface area contributed by atoms with E-state index in [-0.39, 0.29) is 5.56 Å². The van der Waals surface area contributed by atoms with Gasteiger partial charge in [0, 0.05) is 23.3 Å². The van der Waals surface area contributed by atoms with Crippen molar-refractivity contribution in [3.8, 4) is 0 Å². The number of fused-ring (bicyclic) bond motifs is 1. The van der Waals surface area contributed by atoms with Crippen molar-refractivity contribution in [3.05, 3.63) is 74.6 Å². The Balaban J connectivity index is 1.88. The van der Waals surface area contributed by atoms with Crippen LogP contribution in [0.1, 0.15) is 11.1 Å². The molecule has 0 saturated heterocycles. The molecule has 0 amide bonds. The van der Waals surface area contributed by atoms with Crippen LogP contribution in [0.2, 0.25) is 0 Å². The number of aryl methyl sites for hydroxylation is 1. The van der Waals surface area contributed by atoms with Gasteiger partial charge in [-0.05, 0) is 42.3 Å². The van der Waals surface area contributed by atoms with Gasteiger partial charge in [-0.3, -0.25) is 9.20 Å². The first-order valence-electron chi connectivity index (χ1n) is 6.61. The van der Waals surface area contributed by atoms with Crippen molar-refractivity contribution in [2.45, 2.75) is 13.5 Å². The highest BCUT2D eigenvalue weighted by Gasteiger charge is 2.03. The first-order chi connectivity index (χ1) is 10.1. The molecule has 5 heteroatoms. The third-order valence-electron chi connectivity index (χ3n) is 3.34. The average molecular weight is 344 g/mol. The highest BCUT2D eigenvalue weighted by atomic mass is 79.9. The zero-order valence-corrected chi connectivity index (χ0v) is 13.1. The Morgan fingerprint density at radius 3 is 2.95 bits per heavy atom. The number of nitrogens with zero attached hydrogens (tertiary/aromatic N) is 2. The molecular formula is C16H14BrN3O. The molecule has 0 aliphatic rings. The van der Waals surface area contributed by atoms with Gasteiger partial charge in [-0.25, -0.2) is 4.98 Å². The second-order valence-corrected chi connectivity index (χ2v) is 5.75. The van der Waals surface area contributed by atoms with Gasteiger partial charge in [0.05, 0.1) is 0 Å². The number of hydrogen-bond donors (Lipinski definition) is 1. The van der Waals surface area contributed by atoms with E-state index in [1.807, 2.05) is 24.3 Å². The van der Waals surface area contributed by atoms with E-state index in [0.29, 0.717) is 18.0 Å². The van der Waals surface area contributed by atoms with Crippen LogP contribution in [0.4, 0.5) is 5.82 Å². The smallest absolute Gasteiger partial charge is 0.259 e. The van der Waals surface area contributed by atoms with Crippen LogP contribution >= 0.6 is 15.9 Å². The Bertz CT molecular complexity index is 858. The number of hydrogen-bond acceptors (Lipinski definition) is 3. The van der Waals surface area contributed by atoms with Gasteiger partial charge in [0.2, 0.25) is 0 Å². The molecule has 2 heterocycles. The minimum Gasteiger partial charge on any atom is -0.366 e. The fraction of sp³-hybridized carbons (Fsp3) is 0.125. The van der Waals surface area contributed by atoms with E-state index in [1.54, 1.807) is 6.20 Å². The minimum absolute atomic E-state index is 0.0888. The summed E-state index contributed by atoms with van der Waals surface area (Å²) in [5, 5.41) is 3.22. The predicted octanol–water partition coefficient (Wildman–Crippen LogP) is 3.38. The topological polar surface area (TPSA) is 46.4 Å². The van der Waals surface area contributed by atoms with E-state index in [9.17, 15) is 4.79 Å². The largest absolute Gasteiger partial charge is 0.366 e. The number of anilines is 1. The number of pyridine rings is 1. The Hall–Kier alpha value is -2.14. The lowest BCUT2D eigenvalue weighted by Gasteiger charge is -2.09. The fourth-order valence-electron chi connectivity index (χ4n) is 2.16. The maximum Gasteiger partial charge on any atom is 0.259 e. The molecule has 0 bridgehead atoms. The molecule has 0 saturated carbocycles. The number of aromatic nitrogens is 2. The van der Waals surface area contributed by atoms with Crippen LogP contribution in [-0.4, -0.2) is 9.38 Å². The van der Waals surface area contributed by atoms with Crippen molar-refractivity contribution >= 4 is 27.4 Å². The van der Waals surface area contributed by atoms with E-state index in [2.05, 4.69) is 45.3 Å². The lowest BCUT2D eigenvalue weighted by Crippen LogP contribution is -2.15. The SMILES string of the molecule is Cc1ccc(Br)cc1CNc1cc(=O)n2ccccc2n1. The maximum atomic E-state index is 12.0. The van der Waals surface area contributed by atoms with E-state index in [4.69, 9.17) is 0 Å². The molecule has 0 spiro atoms. The van der Waals surface area contributed by atoms with Crippen LogP contribution in [0.3, 0.4) is 0 Å². The summed E-state index contributed by atoms with van der Waals surface area (Å²) in [6.07, 6.45) is 1.72. The van der Waals surface area contributed by atoms with Crippen LogP contribution in [-0.2, 0) is 6.54 Å². The summed E-state index contributed by atoms with van der Waals surface area (Å²) in [4.78, 5) is 16.5. The first kappa shape index (κ1) is 13.8. The van der Waals surface area contributed by atoms with Crippen molar-refractivity contribution in [3.63, 3.8) is 0 Å². The molecule has 0 fully saturated rings. The molecular weight excluding hydrogens is 330 g/mol. The highest BCUT2D eigenvalue weighted by molar-refractivity contribution is 9.10. The highest BCUT2D eigenvalue weighted by Crippen LogP contribution is 2.17. The number of benzene rings is 1. The summed E-state index contributed by atoms with van der Waals surface area (Å²) >= 11 is 3.47.